The molecule has 0 aliphatic carbocycles. The van der Waals surface area contributed by atoms with E-state index in [2.05, 4.69) is 25.5 Å². The number of nitrogens with zero attached hydrogens (tertiary/aromatic N) is 3. The van der Waals surface area contributed by atoms with E-state index in [1.807, 2.05) is 45.3 Å². The van der Waals surface area contributed by atoms with Gasteiger partial charge < -0.3 is 15.5 Å². The maximum atomic E-state index is 12.1. The Morgan fingerprint density at radius 2 is 1.83 bits per heavy atom. The first-order chi connectivity index (χ1) is 13.8. The molecule has 0 fully saturated rings. The maximum absolute atomic E-state index is 12.1. The van der Waals surface area contributed by atoms with Crippen LogP contribution >= 0.6 is 0 Å². The van der Waals surface area contributed by atoms with Crippen molar-refractivity contribution >= 4 is 38.2 Å². The molecule has 154 valence electrons. The Morgan fingerprint density at radius 3 is 2.52 bits per heavy atom. The summed E-state index contributed by atoms with van der Waals surface area (Å²) in [5.74, 6) is 1.31. The molecule has 0 spiro atoms. The van der Waals surface area contributed by atoms with Gasteiger partial charge in [0, 0.05) is 24.2 Å². The average Bonchev–Trinajstić information content (AvgIpc) is 2.69. The molecule has 0 saturated heterocycles. The molecule has 7 nitrogen and oxygen atoms in total. The van der Waals surface area contributed by atoms with Crippen molar-refractivity contribution in [1.29, 1.82) is 0 Å². The third-order valence-corrected chi connectivity index (χ3v) is 6.37. The Bertz CT molecular complexity index is 1110. The number of anilines is 3. The predicted molar refractivity (Wildman–Crippen MR) is 119 cm³/mol. The summed E-state index contributed by atoms with van der Waals surface area (Å²) in [6.45, 7) is 5.16. The molecule has 29 heavy (non-hydrogen) atoms. The fourth-order valence-electron chi connectivity index (χ4n) is 2.92. The number of aryl methyl sites for hydroxylation is 1. The number of sulfone groups is 1. The van der Waals surface area contributed by atoms with Crippen molar-refractivity contribution in [2.24, 2.45) is 0 Å². The van der Waals surface area contributed by atoms with Gasteiger partial charge in [0.05, 0.1) is 16.2 Å². The number of benzene rings is 2. The maximum Gasteiger partial charge on any atom is 0.229 e. The van der Waals surface area contributed by atoms with E-state index in [-0.39, 0.29) is 5.75 Å². The Balaban J connectivity index is 1.92. The molecule has 3 rings (SSSR count). The lowest BCUT2D eigenvalue weighted by atomic mass is 10.2. The van der Waals surface area contributed by atoms with Crippen LogP contribution in [0.3, 0.4) is 0 Å². The minimum absolute atomic E-state index is 0.0784. The fraction of sp³-hybridized carbons (Fsp3) is 0.333. The quantitative estimate of drug-likeness (QED) is 0.585. The SMILES string of the molecule is CCS(=O)(=O)c1ccc(Nc2nc(NCCN(C)C)c3ccccc3n2)c(C)c1. The van der Waals surface area contributed by atoms with E-state index in [1.165, 1.54) is 0 Å². The first-order valence-electron chi connectivity index (χ1n) is 9.56. The molecule has 1 aromatic heterocycles. The summed E-state index contributed by atoms with van der Waals surface area (Å²) in [6, 6.07) is 12.9. The van der Waals surface area contributed by atoms with Crippen LogP contribution in [0, 0.1) is 6.92 Å². The molecule has 0 unspecified atom stereocenters. The highest BCUT2D eigenvalue weighted by Crippen LogP contribution is 2.26. The second-order valence-electron chi connectivity index (χ2n) is 7.15. The molecule has 0 bridgehead atoms. The Morgan fingerprint density at radius 1 is 1.07 bits per heavy atom. The van der Waals surface area contributed by atoms with E-state index >= 15 is 0 Å². The van der Waals surface area contributed by atoms with Gasteiger partial charge in [-0.05, 0) is 56.9 Å². The zero-order valence-corrected chi connectivity index (χ0v) is 18.0. The van der Waals surface area contributed by atoms with E-state index in [9.17, 15) is 8.42 Å². The second-order valence-corrected chi connectivity index (χ2v) is 9.43. The summed E-state index contributed by atoms with van der Waals surface area (Å²) in [5, 5.41) is 7.57. The van der Waals surface area contributed by atoms with Gasteiger partial charge in [0.1, 0.15) is 5.82 Å². The van der Waals surface area contributed by atoms with Crippen LogP contribution in [-0.4, -0.2) is 56.2 Å². The molecule has 2 aromatic carbocycles. The Labute approximate surface area is 172 Å². The smallest absolute Gasteiger partial charge is 0.229 e. The van der Waals surface area contributed by atoms with Crippen molar-refractivity contribution in [3.8, 4) is 0 Å². The van der Waals surface area contributed by atoms with Crippen LogP contribution in [0.2, 0.25) is 0 Å². The molecule has 3 aromatic rings. The lowest BCUT2D eigenvalue weighted by Crippen LogP contribution is -2.21. The molecule has 2 N–H and O–H groups in total. The van der Waals surface area contributed by atoms with Crippen LogP contribution in [0.1, 0.15) is 12.5 Å². The lowest BCUT2D eigenvalue weighted by Gasteiger charge is -2.15. The van der Waals surface area contributed by atoms with Crippen LogP contribution in [0.15, 0.2) is 47.4 Å². The van der Waals surface area contributed by atoms with Crippen molar-refractivity contribution in [2.75, 3.05) is 43.6 Å². The molecule has 0 aliphatic rings. The normalized spacial score (nSPS) is 11.8. The standard InChI is InChI=1S/C21H27N5O2S/c1-5-29(27,28)16-10-11-18(15(2)14-16)23-21-24-19-9-7-6-8-17(19)20(25-21)22-12-13-26(3)4/h6-11,14H,5,12-13H2,1-4H3,(H2,22,23,24,25). The number of hydrogen-bond donors (Lipinski definition) is 2. The van der Waals surface area contributed by atoms with Crippen molar-refractivity contribution < 1.29 is 8.42 Å². The Kier molecular flexibility index (Phi) is 6.34. The molecule has 0 atom stereocenters. The van der Waals surface area contributed by atoms with E-state index in [1.54, 1.807) is 25.1 Å². The lowest BCUT2D eigenvalue weighted by molar-refractivity contribution is 0.425. The summed E-state index contributed by atoms with van der Waals surface area (Å²) >= 11 is 0. The highest BCUT2D eigenvalue weighted by molar-refractivity contribution is 7.91. The van der Waals surface area contributed by atoms with Crippen LogP contribution in [0.4, 0.5) is 17.5 Å². The van der Waals surface area contributed by atoms with Gasteiger partial charge in [0.2, 0.25) is 5.95 Å². The van der Waals surface area contributed by atoms with Crippen molar-refractivity contribution in [2.45, 2.75) is 18.7 Å². The molecule has 0 radical (unpaired) electrons. The monoisotopic (exact) mass is 413 g/mol. The molecular formula is C21H27N5O2S. The van der Waals surface area contributed by atoms with Gasteiger partial charge in [-0.25, -0.2) is 13.4 Å². The number of likely N-dealkylation sites (N-methyl/N-ethyl adjacent to an activating group) is 1. The van der Waals surface area contributed by atoms with Crippen LogP contribution in [-0.2, 0) is 9.84 Å². The van der Waals surface area contributed by atoms with Gasteiger partial charge in [-0.3, -0.25) is 0 Å². The zero-order valence-electron chi connectivity index (χ0n) is 17.2. The number of aromatic nitrogens is 2. The number of fused-ring (bicyclic) bond motifs is 1. The largest absolute Gasteiger partial charge is 0.368 e. The summed E-state index contributed by atoms with van der Waals surface area (Å²) in [5.41, 5.74) is 2.42. The van der Waals surface area contributed by atoms with Crippen LogP contribution in [0.25, 0.3) is 10.9 Å². The van der Waals surface area contributed by atoms with Gasteiger partial charge in [-0.1, -0.05) is 19.1 Å². The number of rotatable bonds is 8. The van der Waals surface area contributed by atoms with E-state index in [0.29, 0.717) is 10.8 Å². The number of hydrogen-bond acceptors (Lipinski definition) is 7. The van der Waals surface area contributed by atoms with Gasteiger partial charge in [-0.2, -0.15) is 4.98 Å². The summed E-state index contributed by atoms with van der Waals surface area (Å²) in [6.07, 6.45) is 0. The summed E-state index contributed by atoms with van der Waals surface area (Å²) in [4.78, 5) is 11.7. The second kappa shape index (κ2) is 8.75. The third-order valence-electron chi connectivity index (χ3n) is 4.64. The van der Waals surface area contributed by atoms with Crippen molar-refractivity contribution in [1.82, 2.24) is 14.9 Å². The molecule has 1 heterocycles. The Hall–Kier alpha value is -2.71. The van der Waals surface area contributed by atoms with Crippen molar-refractivity contribution in [3.63, 3.8) is 0 Å². The molecule has 0 saturated carbocycles. The van der Waals surface area contributed by atoms with Gasteiger partial charge in [0.15, 0.2) is 9.84 Å². The first-order valence-corrected chi connectivity index (χ1v) is 11.2. The molecule has 8 heteroatoms. The molecule has 0 aliphatic heterocycles. The first kappa shape index (κ1) is 21.0. The predicted octanol–water partition coefficient (Wildman–Crippen LogP) is 3.45. The van der Waals surface area contributed by atoms with E-state index in [4.69, 9.17) is 0 Å². The van der Waals surface area contributed by atoms with E-state index < -0.39 is 9.84 Å². The average molecular weight is 414 g/mol. The van der Waals surface area contributed by atoms with Crippen LogP contribution < -0.4 is 10.6 Å². The minimum atomic E-state index is -3.24. The summed E-state index contributed by atoms with van der Waals surface area (Å²) < 4.78 is 24.2. The zero-order chi connectivity index (χ0) is 21.0. The summed E-state index contributed by atoms with van der Waals surface area (Å²) in [7, 11) is 0.815. The number of para-hydroxylation sites is 1. The molecular weight excluding hydrogens is 386 g/mol. The number of nitrogens with one attached hydrogen (secondary N) is 2. The minimum Gasteiger partial charge on any atom is -0.368 e. The van der Waals surface area contributed by atoms with Crippen molar-refractivity contribution in [3.05, 3.63) is 48.0 Å². The van der Waals surface area contributed by atoms with Gasteiger partial charge >= 0.3 is 0 Å². The third kappa shape index (κ3) is 5.02. The van der Waals surface area contributed by atoms with Gasteiger partial charge in [0.25, 0.3) is 0 Å². The topological polar surface area (TPSA) is 87.2 Å². The highest BCUT2D eigenvalue weighted by Gasteiger charge is 2.14. The van der Waals surface area contributed by atoms with E-state index in [0.717, 1.165) is 41.1 Å². The highest BCUT2D eigenvalue weighted by atomic mass is 32.2. The molecule has 0 amide bonds. The van der Waals surface area contributed by atoms with Gasteiger partial charge in [-0.15, -0.1) is 0 Å². The fourth-order valence-corrected chi connectivity index (χ4v) is 3.89. The van der Waals surface area contributed by atoms with Crippen LogP contribution in [0.5, 0.6) is 0 Å².